The van der Waals surface area contributed by atoms with E-state index in [1.807, 2.05) is 13.8 Å². The first-order valence-corrected chi connectivity index (χ1v) is 6.68. The number of hydrogen-bond donors (Lipinski definition) is 3. The number of carboxylic acids is 1. The third-order valence-electron chi connectivity index (χ3n) is 4.15. The lowest BCUT2D eigenvalue weighted by molar-refractivity contribution is -0.142. The summed E-state index contributed by atoms with van der Waals surface area (Å²) in [5, 5.41) is 22.4. The largest absolute Gasteiger partial charge is 0.481 e. The molecule has 4 heteroatoms. The van der Waals surface area contributed by atoms with E-state index in [4.69, 9.17) is 5.11 Å². The van der Waals surface area contributed by atoms with E-state index < -0.39 is 11.6 Å². The first-order chi connectivity index (χ1) is 8.02. The van der Waals surface area contributed by atoms with E-state index in [2.05, 4.69) is 5.32 Å². The van der Waals surface area contributed by atoms with Crippen LogP contribution in [-0.2, 0) is 4.79 Å². The molecule has 0 aromatic carbocycles. The van der Waals surface area contributed by atoms with Crippen LogP contribution in [-0.4, -0.2) is 34.9 Å². The summed E-state index contributed by atoms with van der Waals surface area (Å²) in [7, 11) is 0. The highest BCUT2D eigenvalue weighted by molar-refractivity contribution is 5.70. The average Bonchev–Trinajstić information content (AvgIpc) is 2.77. The van der Waals surface area contributed by atoms with Crippen LogP contribution in [0.1, 0.15) is 46.0 Å². The molecule has 17 heavy (non-hydrogen) atoms. The van der Waals surface area contributed by atoms with Crippen molar-refractivity contribution in [2.45, 2.75) is 51.6 Å². The molecule has 0 spiro atoms. The van der Waals surface area contributed by atoms with E-state index in [9.17, 15) is 9.90 Å². The average molecular weight is 243 g/mol. The highest BCUT2D eigenvalue weighted by Gasteiger charge is 2.33. The molecule has 1 rings (SSSR count). The Morgan fingerprint density at radius 3 is 2.53 bits per heavy atom. The fraction of sp³-hybridized carbons (Fsp3) is 0.923. The monoisotopic (exact) mass is 243 g/mol. The van der Waals surface area contributed by atoms with Crippen molar-refractivity contribution in [2.75, 3.05) is 13.1 Å². The minimum absolute atomic E-state index is 0.196. The standard InChI is InChI=1S/C13H25NO3/c1-3-13(17,4-2)9-14-8-10-6-5-7-11(10)12(15)16/h10-11,14,17H,3-9H2,1-2H3,(H,15,16). The molecule has 0 aromatic heterocycles. The molecule has 0 heterocycles. The fourth-order valence-electron chi connectivity index (χ4n) is 2.60. The van der Waals surface area contributed by atoms with E-state index >= 15 is 0 Å². The molecule has 1 aliphatic carbocycles. The fourth-order valence-corrected chi connectivity index (χ4v) is 2.60. The number of aliphatic hydroxyl groups is 1. The number of carboxylic acid groups (broad SMARTS) is 1. The van der Waals surface area contributed by atoms with Gasteiger partial charge in [0.1, 0.15) is 0 Å². The van der Waals surface area contributed by atoms with Crippen molar-refractivity contribution in [3.05, 3.63) is 0 Å². The molecule has 0 radical (unpaired) electrons. The predicted octanol–water partition coefficient (Wildman–Crippen LogP) is 1.63. The van der Waals surface area contributed by atoms with E-state index in [0.717, 1.165) is 32.1 Å². The second-order valence-corrected chi connectivity index (χ2v) is 5.20. The van der Waals surface area contributed by atoms with Gasteiger partial charge in [-0.1, -0.05) is 20.3 Å². The first-order valence-electron chi connectivity index (χ1n) is 6.68. The third kappa shape index (κ3) is 3.96. The van der Waals surface area contributed by atoms with Crippen LogP contribution in [0.2, 0.25) is 0 Å². The van der Waals surface area contributed by atoms with Gasteiger partial charge in [0, 0.05) is 6.54 Å². The quantitative estimate of drug-likeness (QED) is 0.635. The summed E-state index contributed by atoms with van der Waals surface area (Å²) in [5.74, 6) is -0.639. The predicted molar refractivity (Wildman–Crippen MR) is 66.9 cm³/mol. The van der Waals surface area contributed by atoms with Gasteiger partial charge in [-0.05, 0) is 38.1 Å². The van der Waals surface area contributed by atoms with Crippen LogP contribution in [0.3, 0.4) is 0 Å². The van der Waals surface area contributed by atoms with E-state index in [1.165, 1.54) is 0 Å². The minimum atomic E-state index is -0.671. The molecule has 1 aliphatic rings. The minimum Gasteiger partial charge on any atom is -0.481 e. The molecular weight excluding hydrogens is 218 g/mol. The van der Waals surface area contributed by atoms with Crippen molar-refractivity contribution in [3.63, 3.8) is 0 Å². The van der Waals surface area contributed by atoms with Gasteiger partial charge in [0.2, 0.25) is 0 Å². The molecular formula is C13H25NO3. The number of carbonyl (C=O) groups is 1. The van der Waals surface area contributed by atoms with E-state index in [1.54, 1.807) is 0 Å². The Bertz CT molecular complexity index is 251. The molecule has 100 valence electrons. The topological polar surface area (TPSA) is 69.6 Å². The van der Waals surface area contributed by atoms with Crippen LogP contribution in [0, 0.1) is 11.8 Å². The van der Waals surface area contributed by atoms with Gasteiger partial charge in [0.15, 0.2) is 0 Å². The molecule has 4 nitrogen and oxygen atoms in total. The van der Waals surface area contributed by atoms with Gasteiger partial charge in [-0.3, -0.25) is 4.79 Å². The van der Waals surface area contributed by atoms with Crippen LogP contribution < -0.4 is 5.32 Å². The lowest BCUT2D eigenvalue weighted by atomic mass is 9.94. The lowest BCUT2D eigenvalue weighted by Crippen LogP contribution is -2.42. The van der Waals surface area contributed by atoms with Crippen molar-refractivity contribution < 1.29 is 15.0 Å². The SMILES string of the molecule is CCC(O)(CC)CNCC1CCCC1C(=O)O. The van der Waals surface area contributed by atoms with Crippen molar-refractivity contribution in [2.24, 2.45) is 11.8 Å². The second kappa shape index (κ2) is 6.36. The van der Waals surface area contributed by atoms with Gasteiger partial charge in [0.05, 0.1) is 11.5 Å². The summed E-state index contributed by atoms with van der Waals surface area (Å²) in [6.45, 7) is 5.21. The molecule has 2 atom stereocenters. The number of hydrogen-bond acceptors (Lipinski definition) is 3. The Morgan fingerprint density at radius 1 is 1.35 bits per heavy atom. The van der Waals surface area contributed by atoms with Crippen LogP contribution in [0.15, 0.2) is 0 Å². The lowest BCUT2D eigenvalue weighted by Gasteiger charge is -2.27. The Hall–Kier alpha value is -0.610. The Kier molecular flexibility index (Phi) is 5.40. The summed E-state index contributed by atoms with van der Waals surface area (Å²) in [6, 6.07) is 0. The first kappa shape index (κ1) is 14.5. The van der Waals surface area contributed by atoms with Crippen molar-refractivity contribution in [1.29, 1.82) is 0 Å². The molecule has 3 N–H and O–H groups in total. The third-order valence-corrected chi connectivity index (χ3v) is 4.15. The van der Waals surface area contributed by atoms with Crippen LogP contribution in [0.5, 0.6) is 0 Å². The Morgan fingerprint density at radius 2 is 2.00 bits per heavy atom. The van der Waals surface area contributed by atoms with Gasteiger partial charge in [0.25, 0.3) is 0 Å². The van der Waals surface area contributed by atoms with Gasteiger partial charge < -0.3 is 15.5 Å². The van der Waals surface area contributed by atoms with Crippen LogP contribution in [0.4, 0.5) is 0 Å². The maximum absolute atomic E-state index is 11.0. The molecule has 1 fully saturated rings. The normalized spacial score (nSPS) is 25.1. The molecule has 0 bridgehead atoms. The summed E-state index contributed by atoms with van der Waals surface area (Å²) >= 11 is 0. The van der Waals surface area contributed by atoms with Crippen molar-refractivity contribution >= 4 is 5.97 Å². The van der Waals surface area contributed by atoms with Gasteiger partial charge in [-0.2, -0.15) is 0 Å². The zero-order valence-electron chi connectivity index (χ0n) is 10.9. The summed E-state index contributed by atoms with van der Waals surface area (Å²) in [6.07, 6.45) is 4.25. The Labute approximate surface area is 103 Å². The molecule has 0 amide bonds. The number of nitrogens with one attached hydrogen (secondary N) is 1. The van der Waals surface area contributed by atoms with Crippen molar-refractivity contribution in [1.82, 2.24) is 5.32 Å². The van der Waals surface area contributed by atoms with Gasteiger partial charge in [-0.25, -0.2) is 0 Å². The second-order valence-electron chi connectivity index (χ2n) is 5.20. The van der Waals surface area contributed by atoms with Crippen molar-refractivity contribution in [3.8, 4) is 0 Å². The van der Waals surface area contributed by atoms with E-state index in [0.29, 0.717) is 13.1 Å². The number of aliphatic carboxylic acids is 1. The summed E-state index contributed by atoms with van der Waals surface area (Å²) in [4.78, 5) is 11.0. The maximum Gasteiger partial charge on any atom is 0.306 e. The Balaban J connectivity index is 2.33. The summed E-state index contributed by atoms with van der Waals surface area (Å²) in [5.41, 5.74) is -0.642. The zero-order chi connectivity index (χ0) is 12.9. The van der Waals surface area contributed by atoms with Crippen LogP contribution in [0.25, 0.3) is 0 Å². The molecule has 2 unspecified atom stereocenters. The van der Waals surface area contributed by atoms with Gasteiger partial charge >= 0.3 is 5.97 Å². The molecule has 0 aromatic rings. The highest BCUT2D eigenvalue weighted by atomic mass is 16.4. The zero-order valence-corrected chi connectivity index (χ0v) is 10.9. The molecule has 0 saturated heterocycles. The summed E-state index contributed by atoms with van der Waals surface area (Å²) < 4.78 is 0. The van der Waals surface area contributed by atoms with Gasteiger partial charge in [-0.15, -0.1) is 0 Å². The molecule has 0 aliphatic heterocycles. The molecule has 1 saturated carbocycles. The van der Waals surface area contributed by atoms with Crippen LogP contribution >= 0.6 is 0 Å². The highest BCUT2D eigenvalue weighted by Crippen LogP contribution is 2.31. The smallest absolute Gasteiger partial charge is 0.306 e. The van der Waals surface area contributed by atoms with E-state index in [-0.39, 0.29) is 11.8 Å². The maximum atomic E-state index is 11.0. The number of rotatable bonds is 7.